The Bertz CT molecular complexity index is 600. The summed E-state index contributed by atoms with van der Waals surface area (Å²) < 4.78 is 31.5. The number of alkyl halides is 2. The summed E-state index contributed by atoms with van der Waals surface area (Å²) in [5, 5.41) is 6.94. The van der Waals surface area contributed by atoms with Gasteiger partial charge in [-0.2, -0.15) is 13.9 Å². The molecule has 6 nitrogen and oxygen atoms in total. The van der Waals surface area contributed by atoms with E-state index < -0.39 is 6.55 Å². The SMILES string of the molecule is O=C(c1cnn(C(F)F)c1)N1CC2(CCNCC2)[C@H]2COC[C@H]21. The molecule has 8 heteroatoms. The summed E-state index contributed by atoms with van der Waals surface area (Å²) in [5.41, 5.74) is 0.322. The number of fused-ring (bicyclic) bond motifs is 2. The van der Waals surface area contributed by atoms with Crippen molar-refractivity contribution in [1.82, 2.24) is 20.0 Å². The molecule has 0 aliphatic carbocycles. The predicted molar refractivity (Wildman–Crippen MR) is 77.2 cm³/mol. The number of halogens is 2. The summed E-state index contributed by atoms with van der Waals surface area (Å²) in [6.45, 7) is 1.09. The van der Waals surface area contributed by atoms with E-state index in [0.717, 1.165) is 32.1 Å². The van der Waals surface area contributed by atoms with Gasteiger partial charge >= 0.3 is 6.55 Å². The van der Waals surface area contributed by atoms with Crippen LogP contribution in [-0.4, -0.2) is 59.5 Å². The zero-order valence-electron chi connectivity index (χ0n) is 12.8. The van der Waals surface area contributed by atoms with Gasteiger partial charge in [-0.15, -0.1) is 0 Å². The Morgan fingerprint density at radius 2 is 2.17 bits per heavy atom. The number of ether oxygens (including phenoxy) is 1. The molecule has 3 aliphatic rings. The number of carbonyl (C=O) groups is 1. The monoisotopic (exact) mass is 326 g/mol. The number of nitrogens with one attached hydrogen (secondary N) is 1. The Kier molecular flexibility index (Phi) is 3.60. The predicted octanol–water partition coefficient (Wildman–Crippen LogP) is 1.12. The number of hydrogen-bond acceptors (Lipinski definition) is 4. The first-order chi connectivity index (χ1) is 11.1. The van der Waals surface area contributed by atoms with Crippen LogP contribution in [-0.2, 0) is 4.74 Å². The molecule has 126 valence electrons. The molecule has 0 radical (unpaired) electrons. The summed E-state index contributed by atoms with van der Waals surface area (Å²) in [4.78, 5) is 14.6. The molecule has 4 heterocycles. The van der Waals surface area contributed by atoms with E-state index in [-0.39, 0.29) is 22.9 Å². The van der Waals surface area contributed by atoms with Crippen molar-refractivity contribution < 1.29 is 18.3 Å². The standard InChI is InChI=1S/C15H20F2N4O2/c16-14(17)21-6-10(5-19-21)13(22)20-9-15(1-3-18-4-2-15)11-7-23-8-12(11)20/h5-6,11-12,14,18H,1-4,7-9H2/t11-,12+/m0/s1. The minimum Gasteiger partial charge on any atom is -0.379 e. The van der Waals surface area contributed by atoms with Crippen molar-refractivity contribution in [3.63, 3.8) is 0 Å². The first-order valence-corrected chi connectivity index (χ1v) is 8.02. The molecule has 1 aromatic rings. The fraction of sp³-hybridized carbons (Fsp3) is 0.733. The van der Waals surface area contributed by atoms with E-state index in [1.807, 2.05) is 4.90 Å². The summed E-state index contributed by atoms with van der Waals surface area (Å²) >= 11 is 0. The van der Waals surface area contributed by atoms with Crippen molar-refractivity contribution in [2.45, 2.75) is 25.4 Å². The molecule has 3 aliphatic heterocycles. The lowest BCUT2D eigenvalue weighted by Crippen LogP contribution is -2.43. The van der Waals surface area contributed by atoms with E-state index >= 15 is 0 Å². The van der Waals surface area contributed by atoms with Gasteiger partial charge in [0.1, 0.15) is 0 Å². The van der Waals surface area contributed by atoms with Crippen LogP contribution >= 0.6 is 0 Å². The molecule has 4 rings (SSSR count). The molecule has 0 bridgehead atoms. The number of nitrogens with zero attached hydrogens (tertiary/aromatic N) is 3. The number of likely N-dealkylation sites (tertiary alicyclic amines) is 1. The topological polar surface area (TPSA) is 59.4 Å². The second kappa shape index (κ2) is 5.52. The van der Waals surface area contributed by atoms with Gasteiger partial charge < -0.3 is 15.0 Å². The summed E-state index contributed by atoms with van der Waals surface area (Å²) in [6, 6.07) is 0.0514. The molecule has 1 amide bonds. The number of rotatable bonds is 2. The molecule has 3 saturated heterocycles. The Balaban J connectivity index is 1.59. The molecule has 0 saturated carbocycles. The molecule has 0 aromatic carbocycles. The number of piperidine rings is 1. The fourth-order valence-electron chi connectivity index (χ4n) is 4.41. The minimum absolute atomic E-state index is 0.0514. The zero-order valence-corrected chi connectivity index (χ0v) is 12.8. The van der Waals surface area contributed by atoms with E-state index in [1.165, 1.54) is 6.20 Å². The average molecular weight is 326 g/mol. The van der Waals surface area contributed by atoms with Crippen molar-refractivity contribution in [2.24, 2.45) is 11.3 Å². The minimum atomic E-state index is -2.73. The van der Waals surface area contributed by atoms with Gasteiger partial charge in [-0.1, -0.05) is 0 Å². The maximum absolute atomic E-state index is 12.8. The van der Waals surface area contributed by atoms with Crippen molar-refractivity contribution in [3.05, 3.63) is 18.0 Å². The van der Waals surface area contributed by atoms with Crippen LogP contribution in [0.15, 0.2) is 12.4 Å². The molecular formula is C15H20F2N4O2. The van der Waals surface area contributed by atoms with Crippen LogP contribution in [0.1, 0.15) is 29.7 Å². The summed E-state index contributed by atoms with van der Waals surface area (Å²) in [6.07, 6.45) is 4.41. The quantitative estimate of drug-likeness (QED) is 0.885. The van der Waals surface area contributed by atoms with E-state index in [0.29, 0.717) is 30.4 Å². The summed E-state index contributed by atoms with van der Waals surface area (Å²) in [7, 11) is 0. The van der Waals surface area contributed by atoms with Crippen LogP contribution in [0.2, 0.25) is 0 Å². The van der Waals surface area contributed by atoms with Crippen LogP contribution < -0.4 is 5.32 Å². The molecule has 0 unspecified atom stereocenters. The van der Waals surface area contributed by atoms with E-state index in [1.54, 1.807) is 0 Å². The first-order valence-electron chi connectivity index (χ1n) is 8.02. The lowest BCUT2D eigenvalue weighted by Gasteiger charge is -2.37. The lowest BCUT2D eigenvalue weighted by atomic mass is 9.70. The second-order valence-corrected chi connectivity index (χ2v) is 6.74. The van der Waals surface area contributed by atoms with E-state index in [9.17, 15) is 13.6 Å². The smallest absolute Gasteiger partial charge is 0.333 e. The summed E-state index contributed by atoms with van der Waals surface area (Å²) in [5.74, 6) is 0.131. The van der Waals surface area contributed by atoms with Gasteiger partial charge in [-0.05, 0) is 31.3 Å². The van der Waals surface area contributed by atoms with Crippen LogP contribution in [0.5, 0.6) is 0 Å². The van der Waals surface area contributed by atoms with Gasteiger partial charge in [-0.25, -0.2) is 4.68 Å². The van der Waals surface area contributed by atoms with Gasteiger partial charge in [0.2, 0.25) is 0 Å². The third-order valence-electron chi connectivity index (χ3n) is 5.63. The fourth-order valence-corrected chi connectivity index (χ4v) is 4.41. The number of amides is 1. The highest BCUT2D eigenvalue weighted by molar-refractivity contribution is 5.94. The van der Waals surface area contributed by atoms with E-state index in [4.69, 9.17) is 4.74 Å². The van der Waals surface area contributed by atoms with Gasteiger partial charge in [-0.3, -0.25) is 4.79 Å². The van der Waals surface area contributed by atoms with Crippen molar-refractivity contribution >= 4 is 5.91 Å². The Labute approximate surface area is 132 Å². The Morgan fingerprint density at radius 3 is 2.87 bits per heavy atom. The molecule has 1 N–H and O–H groups in total. The van der Waals surface area contributed by atoms with Crippen LogP contribution in [0.3, 0.4) is 0 Å². The molecule has 1 aromatic heterocycles. The van der Waals surface area contributed by atoms with Crippen molar-refractivity contribution in [3.8, 4) is 0 Å². The molecule has 23 heavy (non-hydrogen) atoms. The van der Waals surface area contributed by atoms with Gasteiger partial charge in [0.15, 0.2) is 0 Å². The average Bonchev–Trinajstić information content (AvgIpc) is 3.25. The highest BCUT2D eigenvalue weighted by atomic mass is 19.3. The highest BCUT2D eigenvalue weighted by Crippen LogP contribution is 2.49. The highest BCUT2D eigenvalue weighted by Gasteiger charge is 2.56. The molecule has 1 spiro atoms. The van der Waals surface area contributed by atoms with E-state index in [2.05, 4.69) is 10.4 Å². The maximum atomic E-state index is 12.8. The number of aromatic nitrogens is 2. The lowest BCUT2D eigenvalue weighted by molar-refractivity contribution is 0.0558. The Morgan fingerprint density at radius 1 is 1.39 bits per heavy atom. The number of hydrogen-bond donors (Lipinski definition) is 1. The normalized spacial score (nSPS) is 29.4. The molecular weight excluding hydrogens is 306 g/mol. The van der Waals surface area contributed by atoms with Gasteiger partial charge in [0.25, 0.3) is 5.91 Å². The molecule has 3 fully saturated rings. The maximum Gasteiger partial charge on any atom is 0.333 e. The Hall–Kier alpha value is -1.54. The first kappa shape index (κ1) is 15.0. The molecule has 2 atom stereocenters. The van der Waals surface area contributed by atoms with Gasteiger partial charge in [0.05, 0.1) is 31.0 Å². The van der Waals surface area contributed by atoms with Crippen LogP contribution in [0, 0.1) is 11.3 Å². The third kappa shape index (κ3) is 2.35. The number of carbonyl (C=O) groups excluding carboxylic acids is 1. The van der Waals surface area contributed by atoms with Crippen LogP contribution in [0.4, 0.5) is 8.78 Å². The largest absolute Gasteiger partial charge is 0.379 e. The van der Waals surface area contributed by atoms with Crippen molar-refractivity contribution in [1.29, 1.82) is 0 Å². The zero-order chi connectivity index (χ0) is 16.0. The third-order valence-corrected chi connectivity index (χ3v) is 5.63. The van der Waals surface area contributed by atoms with Crippen molar-refractivity contribution in [2.75, 3.05) is 32.8 Å². The second-order valence-electron chi connectivity index (χ2n) is 6.74. The van der Waals surface area contributed by atoms with Crippen LogP contribution in [0.25, 0.3) is 0 Å². The van der Waals surface area contributed by atoms with Gasteiger partial charge in [0, 0.05) is 18.7 Å².